The van der Waals surface area contributed by atoms with Crippen LogP contribution in [0, 0.1) is 25.5 Å². The van der Waals surface area contributed by atoms with Gasteiger partial charge in [0.1, 0.15) is 11.6 Å². The van der Waals surface area contributed by atoms with Crippen molar-refractivity contribution in [3.8, 4) is 0 Å². The first-order valence-electron chi connectivity index (χ1n) is 6.77. The van der Waals surface area contributed by atoms with E-state index >= 15 is 0 Å². The maximum Gasteiger partial charge on any atom is 0.128 e. The van der Waals surface area contributed by atoms with Crippen LogP contribution in [0.3, 0.4) is 0 Å². The lowest BCUT2D eigenvalue weighted by molar-refractivity contribution is 0.535. The summed E-state index contributed by atoms with van der Waals surface area (Å²) in [6.07, 6.45) is 0.941. The topological polar surface area (TPSA) is 12.0 Å². The van der Waals surface area contributed by atoms with Crippen LogP contribution >= 0.6 is 11.3 Å². The summed E-state index contributed by atoms with van der Waals surface area (Å²) in [4.78, 5) is 1.04. The molecule has 20 heavy (non-hydrogen) atoms. The molecule has 1 aromatic heterocycles. The van der Waals surface area contributed by atoms with Crippen molar-refractivity contribution in [3.05, 3.63) is 56.8 Å². The van der Waals surface area contributed by atoms with Crippen LogP contribution in [0.1, 0.15) is 41.0 Å². The van der Waals surface area contributed by atoms with Gasteiger partial charge in [-0.2, -0.15) is 0 Å². The lowest BCUT2D eigenvalue weighted by Crippen LogP contribution is -2.24. The van der Waals surface area contributed by atoms with Crippen molar-refractivity contribution >= 4 is 11.3 Å². The Hall–Kier alpha value is -1.26. The number of nitrogens with one attached hydrogen (secondary N) is 1. The van der Waals surface area contributed by atoms with Gasteiger partial charge in [0.05, 0.1) is 6.04 Å². The minimum Gasteiger partial charge on any atom is -0.305 e. The number of aryl methyl sites for hydroxylation is 2. The molecule has 0 aliphatic carbocycles. The summed E-state index contributed by atoms with van der Waals surface area (Å²) >= 11 is 1.57. The Labute approximate surface area is 122 Å². The zero-order valence-corrected chi connectivity index (χ0v) is 12.8. The van der Waals surface area contributed by atoms with E-state index < -0.39 is 0 Å². The molecule has 0 aliphatic rings. The highest BCUT2D eigenvalue weighted by Gasteiger charge is 2.21. The van der Waals surface area contributed by atoms with E-state index in [0.29, 0.717) is 11.1 Å². The van der Waals surface area contributed by atoms with Crippen LogP contribution in [0.5, 0.6) is 0 Å². The number of hydrogen-bond acceptors (Lipinski definition) is 2. The molecule has 0 aliphatic heterocycles. The van der Waals surface area contributed by atoms with Gasteiger partial charge in [-0.05, 0) is 61.5 Å². The first kappa shape index (κ1) is 15.1. The molecule has 0 fully saturated rings. The van der Waals surface area contributed by atoms with E-state index in [1.807, 2.05) is 18.4 Å². The summed E-state index contributed by atoms with van der Waals surface area (Å²) in [5.41, 5.74) is 1.82. The second-order valence-electron chi connectivity index (χ2n) is 4.98. The van der Waals surface area contributed by atoms with E-state index in [4.69, 9.17) is 0 Å². The first-order chi connectivity index (χ1) is 9.54. The first-order valence-corrected chi connectivity index (χ1v) is 7.65. The highest BCUT2D eigenvalue weighted by Crippen LogP contribution is 2.32. The van der Waals surface area contributed by atoms with Gasteiger partial charge in [-0.25, -0.2) is 8.78 Å². The minimum atomic E-state index is -0.362. The molecule has 108 valence electrons. The van der Waals surface area contributed by atoms with E-state index in [2.05, 4.69) is 12.2 Å². The minimum absolute atomic E-state index is 0.287. The van der Waals surface area contributed by atoms with E-state index in [1.165, 1.54) is 12.1 Å². The molecule has 2 rings (SSSR count). The maximum atomic E-state index is 14.2. The van der Waals surface area contributed by atoms with Crippen LogP contribution in [-0.2, 0) is 0 Å². The average molecular weight is 295 g/mol. The van der Waals surface area contributed by atoms with Gasteiger partial charge in [-0.3, -0.25) is 0 Å². The fourth-order valence-corrected chi connectivity index (χ4v) is 3.21. The van der Waals surface area contributed by atoms with Crippen molar-refractivity contribution in [3.63, 3.8) is 0 Å². The van der Waals surface area contributed by atoms with Gasteiger partial charge in [-0.1, -0.05) is 6.92 Å². The molecular weight excluding hydrogens is 276 g/mol. The van der Waals surface area contributed by atoms with Crippen molar-refractivity contribution in [1.29, 1.82) is 0 Å². The molecule has 1 N–H and O–H groups in total. The third kappa shape index (κ3) is 3.07. The summed E-state index contributed by atoms with van der Waals surface area (Å²) < 4.78 is 28.0. The monoisotopic (exact) mass is 295 g/mol. The lowest BCUT2D eigenvalue weighted by Gasteiger charge is -2.20. The number of hydrogen-bond donors (Lipinski definition) is 1. The van der Waals surface area contributed by atoms with Gasteiger partial charge in [0, 0.05) is 10.4 Å². The molecule has 1 atom stereocenters. The quantitative estimate of drug-likeness (QED) is 0.840. The maximum absolute atomic E-state index is 14.2. The Morgan fingerprint density at radius 2 is 1.90 bits per heavy atom. The van der Waals surface area contributed by atoms with Gasteiger partial charge in [0.25, 0.3) is 0 Å². The number of thiophene rings is 1. The van der Waals surface area contributed by atoms with Gasteiger partial charge in [-0.15, -0.1) is 11.3 Å². The zero-order valence-electron chi connectivity index (χ0n) is 12.0. The Bertz CT molecular complexity index is 592. The lowest BCUT2D eigenvalue weighted by atomic mass is 10.0. The molecule has 0 saturated carbocycles. The third-order valence-corrected chi connectivity index (χ3v) is 4.44. The molecular formula is C16H19F2NS. The second kappa shape index (κ2) is 6.46. The molecule has 2 aromatic rings. The van der Waals surface area contributed by atoms with Crippen molar-refractivity contribution in [1.82, 2.24) is 5.32 Å². The molecule has 1 nitrogen and oxygen atoms in total. The zero-order chi connectivity index (χ0) is 14.7. The normalized spacial score (nSPS) is 12.7. The summed E-state index contributed by atoms with van der Waals surface area (Å²) in [7, 11) is 0. The summed E-state index contributed by atoms with van der Waals surface area (Å²) in [5.74, 6) is -0.718. The number of rotatable bonds is 5. The predicted octanol–water partition coefficient (Wildman–Crippen LogP) is 4.73. The molecule has 0 saturated heterocycles. The molecule has 4 heteroatoms. The highest BCUT2D eigenvalue weighted by molar-refractivity contribution is 7.10. The SMILES string of the molecule is CCCNC(c1cc(F)c(C)cc1F)c1sccc1C. The van der Waals surface area contributed by atoms with Gasteiger partial charge in [0.2, 0.25) is 0 Å². The molecule has 0 amide bonds. The summed E-state index contributed by atoms with van der Waals surface area (Å²) in [5, 5.41) is 5.30. The number of benzene rings is 1. The van der Waals surface area contributed by atoms with Crippen molar-refractivity contribution < 1.29 is 8.78 Å². The van der Waals surface area contributed by atoms with Crippen molar-refractivity contribution in [2.24, 2.45) is 0 Å². The van der Waals surface area contributed by atoms with Crippen LogP contribution < -0.4 is 5.32 Å². The van der Waals surface area contributed by atoms with Gasteiger partial charge < -0.3 is 5.32 Å². The fourth-order valence-electron chi connectivity index (χ4n) is 2.20. The molecule has 1 heterocycles. The number of halogens is 2. The third-order valence-electron chi connectivity index (χ3n) is 3.35. The van der Waals surface area contributed by atoms with Crippen LogP contribution in [0.4, 0.5) is 8.78 Å². The Balaban J connectivity index is 2.46. The molecule has 1 aromatic carbocycles. The van der Waals surface area contributed by atoms with Crippen molar-refractivity contribution in [2.75, 3.05) is 6.54 Å². The molecule has 0 spiro atoms. The molecule has 0 bridgehead atoms. The smallest absolute Gasteiger partial charge is 0.128 e. The summed E-state index contributed by atoms with van der Waals surface area (Å²) in [6.45, 7) is 6.39. The van der Waals surface area contributed by atoms with Crippen molar-refractivity contribution in [2.45, 2.75) is 33.2 Å². The molecule has 1 unspecified atom stereocenters. The van der Waals surface area contributed by atoms with Crippen LogP contribution in [0.25, 0.3) is 0 Å². The Morgan fingerprint density at radius 3 is 2.50 bits per heavy atom. The van der Waals surface area contributed by atoms with Crippen LogP contribution in [-0.4, -0.2) is 6.54 Å². The van der Waals surface area contributed by atoms with E-state index in [-0.39, 0.29) is 17.7 Å². The van der Waals surface area contributed by atoms with E-state index in [9.17, 15) is 8.78 Å². The van der Waals surface area contributed by atoms with Gasteiger partial charge >= 0.3 is 0 Å². The highest BCUT2D eigenvalue weighted by atomic mass is 32.1. The second-order valence-corrected chi connectivity index (χ2v) is 5.93. The Morgan fingerprint density at radius 1 is 1.15 bits per heavy atom. The summed E-state index contributed by atoms with van der Waals surface area (Å²) in [6, 6.07) is 4.30. The standard InChI is InChI=1S/C16H19F2NS/c1-4-6-19-15(16-10(2)5-7-20-16)12-9-13(17)11(3)8-14(12)18/h5,7-9,15,19H,4,6H2,1-3H3. The van der Waals surface area contributed by atoms with E-state index in [0.717, 1.165) is 23.4 Å². The van der Waals surface area contributed by atoms with Gasteiger partial charge in [0.15, 0.2) is 0 Å². The van der Waals surface area contributed by atoms with Crippen LogP contribution in [0.2, 0.25) is 0 Å². The largest absolute Gasteiger partial charge is 0.305 e. The predicted molar refractivity (Wildman–Crippen MR) is 80.3 cm³/mol. The van der Waals surface area contributed by atoms with E-state index in [1.54, 1.807) is 18.3 Å². The molecule has 0 radical (unpaired) electrons. The fraction of sp³-hybridized carbons (Fsp3) is 0.375. The van der Waals surface area contributed by atoms with Crippen LogP contribution in [0.15, 0.2) is 23.6 Å². The average Bonchev–Trinajstić information content (AvgIpc) is 2.82. The Kier molecular flexibility index (Phi) is 4.89.